The molecule has 0 aliphatic carbocycles. The van der Waals surface area contributed by atoms with Crippen molar-refractivity contribution >= 4 is 11.9 Å². The van der Waals surface area contributed by atoms with Crippen LogP contribution in [-0.4, -0.2) is 51.2 Å². The van der Waals surface area contributed by atoms with E-state index in [2.05, 4.69) is 101 Å². The molecule has 36 heavy (non-hydrogen) atoms. The fraction of sp³-hybridized carbons (Fsp3) is 0.276. The number of hydrogen-bond acceptors (Lipinski definition) is 5. The van der Waals surface area contributed by atoms with Crippen LogP contribution in [0.15, 0.2) is 91.0 Å². The minimum atomic E-state index is -1.26. The summed E-state index contributed by atoms with van der Waals surface area (Å²) < 4.78 is 0. The SMILES string of the molecule is Cc1cccc(CNC2CCN(C(c3ccccc3)c3ccccc3)CC2)n1.O=C(O)/C=C\C(=O)O. The quantitative estimate of drug-likeness (QED) is 0.404. The van der Waals surface area contributed by atoms with Gasteiger partial charge >= 0.3 is 11.9 Å². The zero-order chi connectivity index (χ0) is 25.8. The fourth-order valence-electron chi connectivity index (χ4n) is 4.34. The van der Waals surface area contributed by atoms with Gasteiger partial charge in [0.1, 0.15) is 0 Å². The Morgan fingerprint density at radius 2 is 1.42 bits per heavy atom. The van der Waals surface area contributed by atoms with Crippen LogP contribution < -0.4 is 5.32 Å². The highest BCUT2D eigenvalue weighted by Crippen LogP contribution is 2.31. The average molecular weight is 488 g/mol. The van der Waals surface area contributed by atoms with Crippen molar-refractivity contribution < 1.29 is 19.8 Å². The summed E-state index contributed by atoms with van der Waals surface area (Å²) in [6.45, 7) is 5.11. The number of piperidine rings is 1. The second-order valence-electron chi connectivity index (χ2n) is 8.70. The molecule has 0 amide bonds. The van der Waals surface area contributed by atoms with E-state index >= 15 is 0 Å². The molecule has 7 nitrogen and oxygen atoms in total. The summed E-state index contributed by atoms with van der Waals surface area (Å²) in [6, 6.07) is 29.0. The molecule has 0 saturated carbocycles. The number of nitrogens with zero attached hydrogens (tertiary/aromatic N) is 2. The van der Waals surface area contributed by atoms with Gasteiger partial charge in [0.15, 0.2) is 0 Å². The first-order valence-electron chi connectivity index (χ1n) is 12.1. The van der Waals surface area contributed by atoms with E-state index in [1.807, 2.05) is 0 Å². The number of hydrogen-bond donors (Lipinski definition) is 3. The molecule has 0 radical (unpaired) electrons. The molecule has 3 N–H and O–H groups in total. The van der Waals surface area contributed by atoms with E-state index in [1.165, 1.54) is 24.0 Å². The van der Waals surface area contributed by atoms with Gasteiger partial charge < -0.3 is 15.5 Å². The van der Waals surface area contributed by atoms with Gasteiger partial charge in [0.25, 0.3) is 0 Å². The molecule has 0 bridgehead atoms. The van der Waals surface area contributed by atoms with Crippen molar-refractivity contribution in [1.82, 2.24) is 15.2 Å². The summed E-state index contributed by atoms with van der Waals surface area (Å²) in [5.74, 6) is -2.51. The normalized spacial score (nSPS) is 14.4. The molecule has 7 heteroatoms. The van der Waals surface area contributed by atoms with Crippen LogP contribution in [0.25, 0.3) is 0 Å². The zero-order valence-corrected chi connectivity index (χ0v) is 20.5. The van der Waals surface area contributed by atoms with Crippen LogP contribution in [0.5, 0.6) is 0 Å². The van der Waals surface area contributed by atoms with Crippen molar-refractivity contribution in [1.29, 1.82) is 0 Å². The number of carbonyl (C=O) groups is 2. The molecule has 2 aromatic carbocycles. The molecular weight excluding hydrogens is 454 g/mol. The molecule has 0 unspecified atom stereocenters. The number of likely N-dealkylation sites (tertiary alicyclic amines) is 1. The summed E-state index contributed by atoms with van der Waals surface area (Å²) in [4.78, 5) is 26.3. The standard InChI is InChI=1S/C25H29N3.C4H4O4/c1-20-9-8-14-24(27-20)19-26-23-15-17-28(18-16-23)25(21-10-4-2-5-11-21)22-12-6-3-7-13-22;5-3(6)1-2-4(7)8/h2-14,23,25-26H,15-19H2,1H3;1-2H,(H,5,6)(H,7,8)/b;2-1-. The minimum Gasteiger partial charge on any atom is -0.478 e. The Labute approximate surface area is 212 Å². The topological polar surface area (TPSA) is 103 Å². The van der Waals surface area contributed by atoms with Gasteiger partial charge in [-0.05, 0) is 43.0 Å². The third kappa shape index (κ3) is 8.76. The van der Waals surface area contributed by atoms with Gasteiger partial charge in [-0.2, -0.15) is 0 Å². The van der Waals surface area contributed by atoms with E-state index < -0.39 is 11.9 Å². The molecule has 1 saturated heterocycles. The van der Waals surface area contributed by atoms with Crippen LogP contribution in [0.4, 0.5) is 0 Å². The predicted octanol–water partition coefficient (Wildman–Crippen LogP) is 4.45. The number of pyridine rings is 1. The number of rotatable bonds is 8. The van der Waals surface area contributed by atoms with Crippen molar-refractivity contribution in [3.05, 3.63) is 114 Å². The molecule has 3 aromatic rings. The smallest absolute Gasteiger partial charge is 0.328 e. The van der Waals surface area contributed by atoms with Gasteiger partial charge in [0, 0.05) is 43.5 Å². The first kappa shape index (κ1) is 26.8. The first-order chi connectivity index (χ1) is 17.4. The number of aliphatic carboxylic acids is 2. The lowest BCUT2D eigenvalue weighted by molar-refractivity contribution is -0.134. The van der Waals surface area contributed by atoms with Crippen LogP contribution in [0.2, 0.25) is 0 Å². The summed E-state index contributed by atoms with van der Waals surface area (Å²) in [5.41, 5.74) is 4.98. The maximum atomic E-state index is 9.55. The Morgan fingerprint density at radius 3 is 1.89 bits per heavy atom. The molecule has 0 atom stereocenters. The highest BCUT2D eigenvalue weighted by molar-refractivity contribution is 5.89. The first-order valence-corrected chi connectivity index (χ1v) is 12.1. The lowest BCUT2D eigenvalue weighted by Crippen LogP contribution is -2.44. The number of carboxylic acids is 2. The van der Waals surface area contributed by atoms with Gasteiger partial charge in [-0.15, -0.1) is 0 Å². The highest BCUT2D eigenvalue weighted by Gasteiger charge is 2.27. The number of carboxylic acid groups (broad SMARTS) is 2. The van der Waals surface area contributed by atoms with Crippen molar-refractivity contribution in [2.24, 2.45) is 0 Å². The summed E-state index contributed by atoms with van der Waals surface area (Å²) in [7, 11) is 0. The molecular formula is C29H33N3O4. The highest BCUT2D eigenvalue weighted by atomic mass is 16.4. The fourth-order valence-corrected chi connectivity index (χ4v) is 4.34. The van der Waals surface area contributed by atoms with Gasteiger partial charge in [-0.3, -0.25) is 9.88 Å². The molecule has 4 rings (SSSR count). The summed E-state index contributed by atoms with van der Waals surface area (Å²) in [6.07, 6.45) is 3.45. The maximum absolute atomic E-state index is 9.55. The van der Waals surface area contributed by atoms with Crippen LogP contribution in [0, 0.1) is 6.92 Å². The van der Waals surface area contributed by atoms with Crippen LogP contribution in [-0.2, 0) is 16.1 Å². The second-order valence-corrected chi connectivity index (χ2v) is 8.70. The minimum absolute atomic E-state index is 0.335. The monoisotopic (exact) mass is 487 g/mol. The lowest BCUT2D eigenvalue weighted by Gasteiger charge is -2.38. The van der Waals surface area contributed by atoms with Gasteiger partial charge in [-0.25, -0.2) is 9.59 Å². The number of aromatic nitrogens is 1. The van der Waals surface area contributed by atoms with E-state index in [9.17, 15) is 9.59 Å². The van der Waals surface area contributed by atoms with Crippen LogP contribution >= 0.6 is 0 Å². The van der Waals surface area contributed by atoms with E-state index in [0.29, 0.717) is 24.2 Å². The molecule has 0 spiro atoms. The van der Waals surface area contributed by atoms with Crippen LogP contribution in [0.3, 0.4) is 0 Å². The number of aryl methyl sites for hydroxylation is 1. The molecule has 1 aliphatic heterocycles. The molecule has 188 valence electrons. The van der Waals surface area contributed by atoms with Crippen molar-refractivity contribution in [3.63, 3.8) is 0 Å². The van der Waals surface area contributed by atoms with Crippen molar-refractivity contribution in [2.75, 3.05) is 13.1 Å². The Balaban J connectivity index is 0.000000392. The Kier molecular flexibility index (Phi) is 10.4. The van der Waals surface area contributed by atoms with E-state index in [-0.39, 0.29) is 0 Å². The lowest BCUT2D eigenvalue weighted by atomic mass is 9.94. The van der Waals surface area contributed by atoms with Gasteiger partial charge in [0.2, 0.25) is 0 Å². The second kappa shape index (κ2) is 13.9. The van der Waals surface area contributed by atoms with Crippen LogP contribution in [0.1, 0.15) is 41.4 Å². The summed E-state index contributed by atoms with van der Waals surface area (Å²) in [5, 5.41) is 19.3. The Hall–Kier alpha value is -3.81. The molecule has 1 aliphatic rings. The van der Waals surface area contributed by atoms with E-state index in [4.69, 9.17) is 10.2 Å². The molecule has 1 aromatic heterocycles. The third-order valence-corrected chi connectivity index (χ3v) is 6.01. The van der Waals surface area contributed by atoms with Gasteiger partial charge in [-0.1, -0.05) is 66.7 Å². The Morgan fingerprint density at radius 1 is 0.889 bits per heavy atom. The molecule has 1 fully saturated rings. The van der Waals surface area contributed by atoms with E-state index in [1.54, 1.807) is 0 Å². The number of benzene rings is 2. The third-order valence-electron chi connectivity index (χ3n) is 6.01. The van der Waals surface area contributed by atoms with Crippen molar-refractivity contribution in [2.45, 2.75) is 38.4 Å². The number of nitrogens with one attached hydrogen (secondary N) is 1. The largest absolute Gasteiger partial charge is 0.478 e. The summed E-state index contributed by atoms with van der Waals surface area (Å²) >= 11 is 0. The average Bonchev–Trinajstić information content (AvgIpc) is 2.89. The predicted molar refractivity (Wildman–Crippen MR) is 140 cm³/mol. The van der Waals surface area contributed by atoms with Crippen molar-refractivity contribution in [3.8, 4) is 0 Å². The van der Waals surface area contributed by atoms with Gasteiger partial charge in [0.05, 0.1) is 11.7 Å². The zero-order valence-electron chi connectivity index (χ0n) is 20.5. The maximum Gasteiger partial charge on any atom is 0.328 e. The Bertz CT molecular complexity index is 1070. The van der Waals surface area contributed by atoms with E-state index in [0.717, 1.165) is 31.0 Å². The molecule has 2 heterocycles.